The lowest BCUT2D eigenvalue weighted by Crippen LogP contribution is -2.43. The van der Waals surface area contributed by atoms with Crippen LogP contribution in [0.5, 0.6) is 0 Å². The Kier molecular flexibility index (Phi) is 10.4. The zero-order valence-electron chi connectivity index (χ0n) is 15.3. The molecule has 5 nitrogen and oxygen atoms in total. The number of amides is 1. The Morgan fingerprint density at radius 2 is 1.65 bits per heavy atom. The fourth-order valence-electron chi connectivity index (χ4n) is 2.43. The average Bonchev–Trinajstić information content (AvgIpc) is 2.64. The minimum atomic E-state index is -0.0465. The van der Waals surface area contributed by atoms with Crippen LogP contribution in [0, 0.1) is 6.92 Å². The lowest BCUT2D eigenvalue weighted by atomic mass is 10.1. The molecule has 2 aromatic carbocycles. The van der Waals surface area contributed by atoms with Gasteiger partial charge in [-0.15, -0.1) is 24.0 Å². The second-order valence-corrected chi connectivity index (χ2v) is 5.79. The molecule has 0 saturated carbocycles. The first-order chi connectivity index (χ1) is 12.2. The van der Waals surface area contributed by atoms with Crippen molar-refractivity contribution in [3.63, 3.8) is 0 Å². The molecule has 6 heteroatoms. The Hall–Kier alpha value is -2.09. The predicted octanol–water partition coefficient (Wildman–Crippen LogP) is 2.64. The SMILES string of the molecule is CN=C(NCC(=O)NCCc1ccccc1)NCc1ccccc1C.I. The molecular weight excluding hydrogens is 439 g/mol. The highest BCUT2D eigenvalue weighted by molar-refractivity contribution is 14.0. The van der Waals surface area contributed by atoms with Crippen molar-refractivity contribution in [3.8, 4) is 0 Å². The molecule has 26 heavy (non-hydrogen) atoms. The van der Waals surface area contributed by atoms with Crippen LogP contribution in [0.1, 0.15) is 16.7 Å². The molecule has 0 bridgehead atoms. The molecule has 0 spiro atoms. The molecule has 0 aliphatic heterocycles. The molecule has 0 saturated heterocycles. The summed E-state index contributed by atoms with van der Waals surface area (Å²) in [7, 11) is 1.69. The van der Waals surface area contributed by atoms with E-state index in [1.165, 1.54) is 16.7 Å². The zero-order chi connectivity index (χ0) is 17.9. The summed E-state index contributed by atoms with van der Waals surface area (Å²) < 4.78 is 0. The number of hydrogen-bond acceptors (Lipinski definition) is 2. The highest BCUT2D eigenvalue weighted by Gasteiger charge is 2.04. The van der Waals surface area contributed by atoms with E-state index < -0.39 is 0 Å². The maximum absolute atomic E-state index is 11.9. The fraction of sp³-hybridized carbons (Fsp3) is 0.300. The molecule has 0 aliphatic rings. The molecule has 1 amide bonds. The van der Waals surface area contributed by atoms with Gasteiger partial charge < -0.3 is 16.0 Å². The summed E-state index contributed by atoms with van der Waals surface area (Å²) in [6.07, 6.45) is 0.826. The van der Waals surface area contributed by atoms with E-state index in [0.717, 1.165) is 6.42 Å². The van der Waals surface area contributed by atoms with Gasteiger partial charge in [-0.05, 0) is 30.0 Å². The maximum Gasteiger partial charge on any atom is 0.239 e. The third kappa shape index (κ3) is 7.86. The van der Waals surface area contributed by atoms with E-state index in [1.807, 2.05) is 30.3 Å². The van der Waals surface area contributed by atoms with Gasteiger partial charge in [-0.25, -0.2) is 0 Å². The van der Waals surface area contributed by atoms with Gasteiger partial charge in [0.05, 0.1) is 6.54 Å². The number of aliphatic imine (C=N–C) groups is 1. The molecule has 2 rings (SSSR count). The van der Waals surface area contributed by atoms with Crippen LogP contribution in [0.4, 0.5) is 0 Å². The first-order valence-electron chi connectivity index (χ1n) is 8.48. The van der Waals surface area contributed by atoms with Gasteiger partial charge in [-0.2, -0.15) is 0 Å². The van der Waals surface area contributed by atoms with Crippen molar-refractivity contribution < 1.29 is 4.79 Å². The minimum Gasteiger partial charge on any atom is -0.354 e. The van der Waals surface area contributed by atoms with Crippen LogP contribution in [0.3, 0.4) is 0 Å². The van der Waals surface area contributed by atoms with E-state index in [-0.39, 0.29) is 36.4 Å². The van der Waals surface area contributed by atoms with E-state index >= 15 is 0 Å². The topological polar surface area (TPSA) is 65.5 Å². The summed E-state index contributed by atoms with van der Waals surface area (Å²) in [5.41, 5.74) is 3.65. The smallest absolute Gasteiger partial charge is 0.239 e. The standard InChI is InChI=1S/C20H26N4O.HI/c1-16-8-6-7-11-18(16)14-23-20(21-2)24-15-19(25)22-13-12-17-9-4-3-5-10-17;/h3-11H,12-15H2,1-2H3,(H,22,25)(H2,21,23,24);1H. The number of carbonyl (C=O) groups is 1. The highest BCUT2D eigenvalue weighted by Crippen LogP contribution is 2.05. The second-order valence-electron chi connectivity index (χ2n) is 5.79. The zero-order valence-corrected chi connectivity index (χ0v) is 17.6. The van der Waals surface area contributed by atoms with Crippen molar-refractivity contribution in [3.05, 3.63) is 71.3 Å². The predicted molar refractivity (Wildman–Crippen MR) is 118 cm³/mol. The van der Waals surface area contributed by atoms with Crippen molar-refractivity contribution in [1.29, 1.82) is 0 Å². The van der Waals surface area contributed by atoms with Crippen molar-refractivity contribution in [2.24, 2.45) is 4.99 Å². The van der Waals surface area contributed by atoms with Crippen LogP contribution in [0.25, 0.3) is 0 Å². The van der Waals surface area contributed by atoms with Crippen LogP contribution in [-0.4, -0.2) is 32.0 Å². The monoisotopic (exact) mass is 466 g/mol. The lowest BCUT2D eigenvalue weighted by Gasteiger charge is -2.13. The summed E-state index contributed by atoms with van der Waals surface area (Å²) in [4.78, 5) is 16.1. The van der Waals surface area contributed by atoms with Gasteiger partial charge in [0.1, 0.15) is 0 Å². The van der Waals surface area contributed by atoms with Gasteiger partial charge in [0.2, 0.25) is 5.91 Å². The van der Waals surface area contributed by atoms with Crippen LogP contribution in [-0.2, 0) is 17.8 Å². The van der Waals surface area contributed by atoms with Gasteiger partial charge in [0.15, 0.2) is 5.96 Å². The van der Waals surface area contributed by atoms with Crippen LogP contribution >= 0.6 is 24.0 Å². The Morgan fingerprint density at radius 3 is 2.35 bits per heavy atom. The molecule has 0 heterocycles. The molecule has 2 aromatic rings. The third-order valence-electron chi connectivity index (χ3n) is 3.93. The van der Waals surface area contributed by atoms with Gasteiger partial charge >= 0.3 is 0 Å². The number of halogens is 1. The summed E-state index contributed by atoms with van der Waals surface area (Å²) in [6, 6.07) is 18.3. The Morgan fingerprint density at radius 1 is 0.962 bits per heavy atom. The third-order valence-corrected chi connectivity index (χ3v) is 3.93. The Labute approximate surface area is 172 Å². The molecule has 0 aliphatic carbocycles. The summed E-state index contributed by atoms with van der Waals surface area (Å²) in [5, 5.41) is 9.17. The summed E-state index contributed by atoms with van der Waals surface area (Å²) >= 11 is 0. The molecule has 0 fully saturated rings. The number of carbonyl (C=O) groups excluding carboxylic acids is 1. The number of aryl methyl sites for hydroxylation is 1. The first kappa shape index (κ1) is 22.0. The lowest BCUT2D eigenvalue weighted by molar-refractivity contribution is -0.119. The molecule has 0 radical (unpaired) electrons. The number of guanidine groups is 1. The molecular formula is C20H27IN4O. The first-order valence-corrected chi connectivity index (χ1v) is 8.48. The molecule has 3 N–H and O–H groups in total. The average molecular weight is 466 g/mol. The van der Waals surface area contributed by atoms with Crippen LogP contribution in [0.2, 0.25) is 0 Å². The van der Waals surface area contributed by atoms with Gasteiger partial charge in [-0.1, -0.05) is 54.6 Å². The van der Waals surface area contributed by atoms with E-state index in [0.29, 0.717) is 19.0 Å². The molecule has 140 valence electrons. The van der Waals surface area contributed by atoms with Gasteiger partial charge in [0.25, 0.3) is 0 Å². The van der Waals surface area contributed by atoms with Crippen LogP contribution < -0.4 is 16.0 Å². The minimum absolute atomic E-state index is 0. The molecule has 0 unspecified atom stereocenters. The Bertz CT molecular complexity index is 704. The van der Waals surface area contributed by atoms with Crippen molar-refractivity contribution in [2.75, 3.05) is 20.1 Å². The molecule has 0 aromatic heterocycles. The van der Waals surface area contributed by atoms with E-state index in [9.17, 15) is 4.79 Å². The van der Waals surface area contributed by atoms with E-state index in [2.05, 4.69) is 52.1 Å². The quantitative estimate of drug-likeness (QED) is 0.334. The summed E-state index contributed by atoms with van der Waals surface area (Å²) in [6.45, 7) is 3.57. The number of nitrogens with one attached hydrogen (secondary N) is 3. The highest BCUT2D eigenvalue weighted by atomic mass is 127. The van der Waals surface area contributed by atoms with Crippen LogP contribution in [0.15, 0.2) is 59.6 Å². The van der Waals surface area contributed by atoms with E-state index in [4.69, 9.17) is 0 Å². The fourth-order valence-corrected chi connectivity index (χ4v) is 2.43. The number of benzene rings is 2. The normalized spacial score (nSPS) is 10.6. The van der Waals surface area contributed by atoms with Gasteiger partial charge in [-0.3, -0.25) is 9.79 Å². The van der Waals surface area contributed by atoms with E-state index in [1.54, 1.807) is 7.05 Å². The maximum atomic E-state index is 11.9. The van der Waals surface area contributed by atoms with Crippen molar-refractivity contribution >= 4 is 35.8 Å². The van der Waals surface area contributed by atoms with Gasteiger partial charge in [0, 0.05) is 20.1 Å². The number of hydrogen-bond donors (Lipinski definition) is 3. The largest absolute Gasteiger partial charge is 0.354 e. The summed E-state index contributed by atoms with van der Waals surface area (Å²) in [5.74, 6) is 0.566. The van der Waals surface area contributed by atoms with Crippen molar-refractivity contribution in [2.45, 2.75) is 19.9 Å². The second kappa shape index (κ2) is 12.3. The number of nitrogens with zero attached hydrogens (tertiary/aromatic N) is 1. The van der Waals surface area contributed by atoms with Crippen molar-refractivity contribution in [1.82, 2.24) is 16.0 Å². The number of rotatable bonds is 7. The molecule has 0 atom stereocenters. The Balaban J connectivity index is 0.00000338.